The molecule has 1 aliphatic rings. The fourth-order valence-corrected chi connectivity index (χ4v) is 6.37. The molecule has 0 bridgehead atoms. The second-order valence-electron chi connectivity index (χ2n) is 12.5. The minimum absolute atomic E-state index is 0.00575. The summed E-state index contributed by atoms with van der Waals surface area (Å²) < 4.78 is 33.8. The van der Waals surface area contributed by atoms with Crippen molar-refractivity contribution in [3.8, 4) is 0 Å². The van der Waals surface area contributed by atoms with Gasteiger partial charge in [0.15, 0.2) is 0 Å². The molecule has 9 heteroatoms. The first-order valence-corrected chi connectivity index (χ1v) is 17.5. The van der Waals surface area contributed by atoms with E-state index >= 15 is 0 Å². The average Bonchev–Trinajstić information content (AvgIpc) is 3.18. The molecule has 5 aromatic carbocycles. The molecule has 1 fully saturated rings. The Morgan fingerprint density at radius 3 is 1.61 bits per heavy atom. The first kappa shape index (κ1) is 36.4. The largest absolute Gasteiger partial charge is 0.374 e. The zero-order valence-corrected chi connectivity index (χ0v) is 29.1. The third-order valence-corrected chi connectivity index (χ3v) is 9.16. The molecule has 5 aromatic rings. The number of nitrogens with one attached hydrogen (secondary N) is 1. The molecule has 1 heterocycles. The number of halogens is 1. The lowest BCUT2D eigenvalue weighted by Crippen LogP contribution is -2.58. The third-order valence-electron chi connectivity index (χ3n) is 8.79. The molecule has 3 N–H and O–H groups in total. The predicted molar refractivity (Wildman–Crippen MR) is 196 cm³/mol. The Morgan fingerprint density at radius 1 is 0.627 bits per heavy atom. The molecule has 0 radical (unpaired) electrons. The monoisotopic (exact) mass is 706 g/mol. The van der Waals surface area contributed by atoms with E-state index in [2.05, 4.69) is 5.43 Å². The minimum atomic E-state index is -0.631. The molecule has 1 saturated heterocycles. The summed E-state index contributed by atoms with van der Waals surface area (Å²) in [7, 11) is 0. The lowest BCUT2D eigenvalue weighted by atomic mass is 9.89. The van der Waals surface area contributed by atoms with Crippen LogP contribution in [0.2, 0.25) is 5.02 Å². The van der Waals surface area contributed by atoms with E-state index < -0.39 is 30.5 Å². The van der Waals surface area contributed by atoms with E-state index in [0.29, 0.717) is 37.0 Å². The highest BCUT2D eigenvalue weighted by molar-refractivity contribution is 6.31. The van der Waals surface area contributed by atoms with Crippen molar-refractivity contribution in [2.45, 2.75) is 63.4 Å². The van der Waals surface area contributed by atoms with Crippen molar-refractivity contribution in [3.63, 3.8) is 0 Å². The van der Waals surface area contributed by atoms with E-state index in [1.165, 1.54) is 0 Å². The van der Waals surface area contributed by atoms with Crippen molar-refractivity contribution in [2.75, 3.05) is 6.61 Å². The average molecular weight is 707 g/mol. The molecule has 0 spiro atoms. The second-order valence-corrected chi connectivity index (χ2v) is 12.9. The van der Waals surface area contributed by atoms with Crippen LogP contribution in [0.3, 0.4) is 0 Å². The molecule has 0 aromatic heterocycles. The summed E-state index contributed by atoms with van der Waals surface area (Å²) in [6, 6.07) is 45.6. The topological polar surface area (TPSA) is 101 Å². The number of hydrogen-bond acceptors (Lipinski definition) is 7. The van der Waals surface area contributed by atoms with E-state index in [4.69, 9.17) is 41.1 Å². The molecule has 0 aliphatic carbocycles. The van der Waals surface area contributed by atoms with Gasteiger partial charge in [0.05, 0.1) is 39.5 Å². The van der Waals surface area contributed by atoms with Gasteiger partial charge in [-0.3, -0.25) is 10.2 Å². The van der Waals surface area contributed by atoms with Crippen LogP contribution < -0.4 is 11.3 Å². The van der Waals surface area contributed by atoms with Gasteiger partial charge in [-0.1, -0.05) is 145 Å². The number of carbonyl (C=O) groups excluding carboxylic acids is 1. The van der Waals surface area contributed by atoms with Crippen LogP contribution in [0.25, 0.3) is 0 Å². The van der Waals surface area contributed by atoms with E-state index in [9.17, 15) is 4.79 Å². The van der Waals surface area contributed by atoms with Crippen LogP contribution in [0.1, 0.15) is 39.5 Å². The normalized spacial score (nSPS) is 20.2. The maximum atomic E-state index is 12.3. The number of hydrazine groups is 1. The molecule has 5 atom stereocenters. The lowest BCUT2D eigenvalue weighted by molar-refractivity contribution is -0.275. The number of nitrogens with two attached hydrogens (primary N) is 1. The SMILES string of the molecule is NNC(=O)Cc1cc([C@@H]2O[C@H](COCc3ccccc3)[C@@H](OCc3ccccc3)[C@H](OCc3ccccc3)[C@H]2OCc2ccccc2)ccc1Cl. The fraction of sp³-hybridized carbons (Fsp3) is 0.262. The van der Waals surface area contributed by atoms with Crippen molar-refractivity contribution in [3.05, 3.63) is 178 Å². The van der Waals surface area contributed by atoms with Crippen LogP contribution in [0, 0.1) is 0 Å². The predicted octanol–water partition coefficient (Wildman–Crippen LogP) is 7.29. The van der Waals surface area contributed by atoms with Crippen molar-refractivity contribution in [1.29, 1.82) is 0 Å². The zero-order chi connectivity index (χ0) is 35.3. The van der Waals surface area contributed by atoms with Crippen molar-refractivity contribution < 1.29 is 28.5 Å². The number of benzene rings is 5. The van der Waals surface area contributed by atoms with Gasteiger partial charge in [0.2, 0.25) is 5.91 Å². The summed E-state index contributed by atoms with van der Waals surface area (Å²) in [5.74, 6) is 5.07. The Hall–Kier alpha value is -4.38. The summed E-state index contributed by atoms with van der Waals surface area (Å²) in [6.45, 7) is 1.61. The summed E-state index contributed by atoms with van der Waals surface area (Å²) in [5.41, 5.74) is 7.68. The van der Waals surface area contributed by atoms with Gasteiger partial charge >= 0.3 is 0 Å². The molecule has 6 rings (SSSR count). The Kier molecular flexibility index (Phi) is 13.4. The van der Waals surface area contributed by atoms with Gasteiger partial charge in [-0.15, -0.1) is 0 Å². The van der Waals surface area contributed by atoms with Crippen LogP contribution in [-0.4, -0.2) is 36.9 Å². The number of ether oxygens (including phenoxy) is 5. The molecular formula is C42H43ClN2O6. The summed E-state index contributed by atoms with van der Waals surface area (Å²) in [4.78, 5) is 12.3. The third kappa shape index (κ3) is 10.3. The first-order valence-electron chi connectivity index (χ1n) is 17.1. The van der Waals surface area contributed by atoms with Gasteiger partial charge in [0, 0.05) is 5.02 Å². The highest BCUT2D eigenvalue weighted by atomic mass is 35.5. The van der Waals surface area contributed by atoms with E-state index in [1.807, 2.05) is 133 Å². The molecule has 264 valence electrons. The molecular weight excluding hydrogens is 664 g/mol. The smallest absolute Gasteiger partial charge is 0.238 e. The Balaban J connectivity index is 1.38. The van der Waals surface area contributed by atoms with Crippen LogP contribution in [-0.2, 0) is 61.3 Å². The highest BCUT2D eigenvalue weighted by Crippen LogP contribution is 2.39. The highest BCUT2D eigenvalue weighted by Gasteiger charge is 2.49. The van der Waals surface area contributed by atoms with Crippen molar-refractivity contribution in [2.24, 2.45) is 5.84 Å². The number of rotatable bonds is 16. The van der Waals surface area contributed by atoms with Crippen molar-refractivity contribution >= 4 is 17.5 Å². The number of carbonyl (C=O) groups is 1. The molecule has 51 heavy (non-hydrogen) atoms. The molecule has 8 nitrogen and oxygen atoms in total. The van der Waals surface area contributed by atoms with Gasteiger partial charge in [-0.2, -0.15) is 0 Å². The van der Waals surface area contributed by atoms with Gasteiger partial charge in [0.25, 0.3) is 0 Å². The number of amides is 1. The van der Waals surface area contributed by atoms with Gasteiger partial charge in [-0.25, -0.2) is 5.84 Å². The van der Waals surface area contributed by atoms with Crippen LogP contribution >= 0.6 is 11.6 Å². The zero-order valence-electron chi connectivity index (χ0n) is 28.3. The van der Waals surface area contributed by atoms with Crippen LogP contribution in [0.5, 0.6) is 0 Å². The van der Waals surface area contributed by atoms with Gasteiger partial charge in [0.1, 0.15) is 30.5 Å². The Labute approximate surface area is 304 Å². The maximum Gasteiger partial charge on any atom is 0.238 e. The van der Waals surface area contributed by atoms with Crippen molar-refractivity contribution in [1.82, 2.24) is 5.43 Å². The van der Waals surface area contributed by atoms with E-state index in [-0.39, 0.29) is 18.9 Å². The van der Waals surface area contributed by atoms with E-state index in [1.54, 1.807) is 6.07 Å². The Morgan fingerprint density at radius 2 is 1.10 bits per heavy atom. The quantitative estimate of drug-likeness (QED) is 0.0632. The fourth-order valence-electron chi connectivity index (χ4n) is 6.19. The van der Waals surface area contributed by atoms with Crippen LogP contribution in [0.15, 0.2) is 140 Å². The first-order chi connectivity index (χ1) is 25.1. The molecule has 0 saturated carbocycles. The molecule has 0 unspecified atom stereocenters. The summed E-state index contributed by atoms with van der Waals surface area (Å²) in [6.07, 6.45) is -2.96. The number of hydrogen-bond donors (Lipinski definition) is 2. The summed E-state index contributed by atoms with van der Waals surface area (Å²) in [5, 5.41) is 0.448. The maximum absolute atomic E-state index is 12.3. The van der Waals surface area contributed by atoms with Crippen LogP contribution in [0.4, 0.5) is 0 Å². The van der Waals surface area contributed by atoms with E-state index in [0.717, 1.165) is 27.8 Å². The van der Waals surface area contributed by atoms with Gasteiger partial charge < -0.3 is 23.7 Å². The lowest BCUT2D eigenvalue weighted by Gasteiger charge is -2.46. The molecule has 1 aliphatic heterocycles. The second kappa shape index (κ2) is 18.7. The summed E-state index contributed by atoms with van der Waals surface area (Å²) >= 11 is 6.58. The standard InChI is InChI=1S/C42H43ClN2O6/c43-36-22-21-34(23-35(36)24-38(46)45-44)39-41(49-27-32-17-9-3-10-18-32)42(50-28-33-19-11-4-12-20-33)40(48-26-31-15-7-2-8-16-31)37(51-39)29-47-25-30-13-5-1-6-14-30/h1-23,37,39-42H,24-29,44H2,(H,45,46)/t37-,39+,40-,41+,42+/m1/s1. The van der Waals surface area contributed by atoms with Gasteiger partial charge in [-0.05, 0) is 39.4 Å². The minimum Gasteiger partial charge on any atom is -0.374 e. The Bertz CT molecular complexity index is 1780. The molecule has 1 amide bonds.